The summed E-state index contributed by atoms with van der Waals surface area (Å²) in [6, 6.07) is 6.70. The van der Waals surface area contributed by atoms with Crippen molar-refractivity contribution in [3.63, 3.8) is 0 Å². The van der Waals surface area contributed by atoms with Gasteiger partial charge in [-0.25, -0.2) is 0 Å². The molecule has 0 bridgehead atoms. The first-order chi connectivity index (χ1) is 8.70. The summed E-state index contributed by atoms with van der Waals surface area (Å²) in [5.41, 5.74) is 6.81. The van der Waals surface area contributed by atoms with Gasteiger partial charge in [0.05, 0.1) is 12.8 Å². The molecule has 0 aliphatic carbocycles. The van der Waals surface area contributed by atoms with Crippen molar-refractivity contribution in [3.8, 4) is 0 Å². The van der Waals surface area contributed by atoms with Crippen LogP contribution in [0.15, 0.2) is 34.3 Å². The largest absolute Gasteiger partial charge is 0.468 e. The van der Waals surface area contributed by atoms with Crippen molar-refractivity contribution in [3.05, 3.63) is 46.0 Å². The van der Waals surface area contributed by atoms with Gasteiger partial charge >= 0.3 is 0 Å². The molecule has 4 heteroatoms. The predicted molar refractivity (Wildman–Crippen MR) is 75.3 cm³/mol. The fraction of sp³-hybridized carbons (Fsp3) is 0.429. The van der Waals surface area contributed by atoms with Gasteiger partial charge in [0.25, 0.3) is 0 Å². The Balaban J connectivity index is 2.07. The Labute approximate surface area is 112 Å². The highest BCUT2D eigenvalue weighted by atomic mass is 32.1. The lowest BCUT2D eigenvalue weighted by Crippen LogP contribution is -2.29. The minimum absolute atomic E-state index is 0.475. The Kier molecular flexibility index (Phi) is 4.58. The van der Waals surface area contributed by atoms with Crippen LogP contribution in [0, 0.1) is 0 Å². The summed E-state index contributed by atoms with van der Waals surface area (Å²) in [5, 5.41) is 2.12. The molecule has 2 rings (SSSR count). The fourth-order valence-electron chi connectivity index (χ4n) is 1.90. The van der Waals surface area contributed by atoms with Gasteiger partial charge in [0.1, 0.15) is 5.76 Å². The second-order valence-corrected chi connectivity index (χ2v) is 5.68. The summed E-state index contributed by atoms with van der Waals surface area (Å²) in [6.45, 7) is 6.73. The van der Waals surface area contributed by atoms with E-state index >= 15 is 0 Å². The molecule has 0 unspecified atom stereocenters. The molecule has 98 valence electrons. The average Bonchev–Trinajstić information content (AvgIpc) is 2.98. The van der Waals surface area contributed by atoms with E-state index in [9.17, 15) is 0 Å². The number of hydrogen-bond donors (Lipinski definition) is 1. The zero-order valence-corrected chi connectivity index (χ0v) is 11.7. The van der Waals surface area contributed by atoms with Crippen LogP contribution in [0.25, 0.3) is 0 Å². The van der Waals surface area contributed by atoms with Crippen LogP contribution < -0.4 is 5.73 Å². The number of thiophene rings is 1. The van der Waals surface area contributed by atoms with E-state index < -0.39 is 0 Å². The lowest BCUT2D eigenvalue weighted by molar-refractivity contribution is 0.188. The highest BCUT2D eigenvalue weighted by Crippen LogP contribution is 2.19. The van der Waals surface area contributed by atoms with Crippen molar-refractivity contribution >= 4 is 11.3 Å². The van der Waals surface area contributed by atoms with Crippen molar-refractivity contribution < 1.29 is 4.42 Å². The predicted octanol–water partition coefficient (Wildman–Crippen LogP) is 3.21. The lowest BCUT2D eigenvalue weighted by Gasteiger charge is -2.25. The van der Waals surface area contributed by atoms with Crippen LogP contribution in [0.2, 0.25) is 0 Å². The van der Waals surface area contributed by atoms with Crippen LogP contribution in [0.4, 0.5) is 0 Å². The molecule has 2 aromatic heterocycles. The number of rotatable bonds is 6. The molecule has 0 radical (unpaired) electrons. The zero-order valence-electron chi connectivity index (χ0n) is 10.9. The standard InChI is InChI=1S/C14H20N2OS/c1-11(2)16(9-13-4-3-7-18-13)10-14-12(8-15)5-6-17-14/h3-7,11H,8-10,15H2,1-2H3. The van der Waals surface area contributed by atoms with Crippen molar-refractivity contribution in [2.45, 2.75) is 39.5 Å². The third-order valence-corrected chi connectivity index (χ3v) is 3.93. The van der Waals surface area contributed by atoms with E-state index in [1.54, 1.807) is 17.6 Å². The van der Waals surface area contributed by atoms with Gasteiger partial charge in [0, 0.05) is 29.6 Å². The van der Waals surface area contributed by atoms with E-state index in [4.69, 9.17) is 10.2 Å². The molecule has 2 N–H and O–H groups in total. The van der Waals surface area contributed by atoms with Gasteiger partial charge in [0.2, 0.25) is 0 Å². The van der Waals surface area contributed by atoms with Crippen LogP contribution in [0.5, 0.6) is 0 Å². The van der Waals surface area contributed by atoms with Crippen LogP contribution >= 0.6 is 11.3 Å². The van der Waals surface area contributed by atoms with Crippen LogP contribution in [0.3, 0.4) is 0 Å². The number of hydrogen-bond acceptors (Lipinski definition) is 4. The molecule has 0 atom stereocenters. The zero-order chi connectivity index (χ0) is 13.0. The van der Waals surface area contributed by atoms with Crippen LogP contribution in [-0.4, -0.2) is 10.9 Å². The van der Waals surface area contributed by atoms with Gasteiger partial charge in [0.15, 0.2) is 0 Å². The molecule has 18 heavy (non-hydrogen) atoms. The third kappa shape index (κ3) is 3.22. The molecule has 0 aromatic carbocycles. The van der Waals surface area contributed by atoms with Gasteiger partial charge in [-0.05, 0) is 31.4 Å². The Morgan fingerprint density at radius 2 is 2.17 bits per heavy atom. The van der Waals surface area contributed by atoms with Crippen molar-refractivity contribution in [1.29, 1.82) is 0 Å². The van der Waals surface area contributed by atoms with Crippen molar-refractivity contribution in [2.75, 3.05) is 0 Å². The quantitative estimate of drug-likeness (QED) is 0.871. The van der Waals surface area contributed by atoms with Gasteiger partial charge < -0.3 is 10.2 Å². The first-order valence-electron chi connectivity index (χ1n) is 6.22. The molecule has 2 heterocycles. The molecule has 0 fully saturated rings. The summed E-state index contributed by atoms with van der Waals surface area (Å²) < 4.78 is 5.54. The Morgan fingerprint density at radius 3 is 2.78 bits per heavy atom. The minimum atomic E-state index is 0.475. The molecule has 3 nitrogen and oxygen atoms in total. The van der Waals surface area contributed by atoms with Crippen molar-refractivity contribution in [1.82, 2.24) is 4.90 Å². The number of nitrogens with two attached hydrogens (primary N) is 1. The summed E-state index contributed by atoms with van der Waals surface area (Å²) in [5.74, 6) is 0.989. The van der Waals surface area contributed by atoms with E-state index in [1.165, 1.54) is 4.88 Å². The SMILES string of the molecule is CC(C)N(Cc1cccs1)Cc1occc1CN. The van der Waals surface area contributed by atoms with Gasteiger partial charge in [-0.1, -0.05) is 6.07 Å². The normalized spacial score (nSPS) is 11.6. The van der Waals surface area contributed by atoms with Crippen LogP contribution in [0.1, 0.15) is 30.0 Å². The van der Waals surface area contributed by atoms with E-state index in [2.05, 4.69) is 36.3 Å². The summed E-state index contributed by atoms with van der Waals surface area (Å²) >= 11 is 1.79. The highest BCUT2D eigenvalue weighted by Gasteiger charge is 2.15. The first kappa shape index (κ1) is 13.3. The molecule has 0 spiro atoms. The van der Waals surface area contributed by atoms with Gasteiger partial charge in [-0.15, -0.1) is 11.3 Å². The molecule has 0 aliphatic rings. The Morgan fingerprint density at radius 1 is 1.33 bits per heavy atom. The topological polar surface area (TPSA) is 42.4 Å². The number of nitrogens with zero attached hydrogens (tertiary/aromatic N) is 1. The Hall–Kier alpha value is -1.10. The van der Waals surface area contributed by atoms with E-state index in [0.29, 0.717) is 12.6 Å². The first-order valence-corrected chi connectivity index (χ1v) is 7.10. The molecule has 0 saturated carbocycles. The average molecular weight is 264 g/mol. The van der Waals surface area contributed by atoms with Crippen molar-refractivity contribution in [2.24, 2.45) is 5.73 Å². The minimum Gasteiger partial charge on any atom is -0.468 e. The van der Waals surface area contributed by atoms with Gasteiger partial charge in [-0.3, -0.25) is 4.90 Å². The molecule has 0 saturated heterocycles. The molecular formula is C14H20N2OS. The summed E-state index contributed by atoms with van der Waals surface area (Å²) in [4.78, 5) is 3.77. The maximum absolute atomic E-state index is 5.71. The van der Waals surface area contributed by atoms with E-state index in [0.717, 1.165) is 24.4 Å². The van der Waals surface area contributed by atoms with E-state index in [1.807, 2.05) is 6.07 Å². The molecular weight excluding hydrogens is 244 g/mol. The number of furan rings is 1. The molecule has 0 amide bonds. The van der Waals surface area contributed by atoms with E-state index in [-0.39, 0.29) is 0 Å². The molecule has 2 aromatic rings. The molecule has 0 aliphatic heterocycles. The monoisotopic (exact) mass is 264 g/mol. The second-order valence-electron chi connectivity index (χ2n) is 4.65. The maximum Gasteiger partial charge on any atom is 0.122 e. The Bertz CT molecular complexity index is 462. The lowest BCUT2D eigenvalue weighted by atomic mass is 10.2. The maximum atomic E-state index is 5.71. The highest BCUT2D eigenvalue weighted by molar-refractivity contribution is 7.09. The summed E-state index contributed by atoms with van der Waals surface area (Å²) in [6.07, 6.45) is 1.72. The second kappa shape index (κ2) is 6.18. The summed E-state index contributed by atoms with van der Waals surface area (Å²) in [7, 11) is 0. The third-order valence-electron chi connectivity index (χ3n) is 3.07. The van der Waals surface area contributed by atoms with Crippen LogP contribution in [-0.2, 0) is 19.6 Å². The van der Waals surface area contributed by atoms with Gasteiger partial charge in [-0.2, -0.15) is 0 Å². The smallest absolute Gasteiger partial charge is 0.122 e. The fourth-order valence-corrected chi connectivity index (χ4v) is 2.63.